The number of sulfonamides is 1. The van der Waals surface area contributed by atoms with Crippen LogP contribution in [0.5, 0.6) is 0 Å². The summed E-state index contributed by atoms with van der Waals surface area (Å²) in [6.45, 7) is 0.369. The number of nitrogens with one attached hydrogen (secondary N) is 1. The van der Waals surface area contributed by atoms with Crippen LogP contribution >= 0.6 is 11.3 Å². The molecule has 1 N–H and O–H groups in total. The van der Waals surface area contributed by atoms with E-state index >= 15 is 0 Å². The van der Waals surface area contributed by atoms with E-state index < -0.39 is 10.0 Å². The topological polar surface area (TPSA) is 59.1 Å². The van der Waals surface area contributed by atoms with Crippen molar-refractivity contribution in [3.05, 3.63) is 87.9 Å². The zero-order chi connectivity index (χ0) is 17.5. The monoisotopic (exact) mass is 372 g/mol. The molecule has 0 spiro atoms. The summed E-state index contributed by atoms with van der Waals surface area (Å²) in [6, 6.07) is 19.4. The number of nitrogens with zero attached hydrogens (tertiary/aromatic N) is 1. The highest BCUT2D eigenvalue weighted by atomic mass is 32.2. The molecule has 0 atom stereocenters. The Morgan fingerprint density at radius 3 is 2.24 bits per heavy atom. The fourth-order valence-electron chi connectivity index (χ4n) is 2.50. The second kappa shape index (κ2) is 8.38. The van der Waals surface area contributed by atoms with Crippen molar-refractivity contribution in [2.24, 2.45) is 0 Å². The van der Waals surface area contributed by atoms with E-state index in [-0.39, 0.29) is 5.75 Å². The first-order valence-corrected chi connectivity index (χ1v) is 10.6. The first kappa shape index (κ1) is 17.8. The van der Waals surface area contributed by atoms with Gasteiger partial charge in [-0.25, -0.2) is 18.1 Å². The van der Waals surface area contributed by atoms with Crippen LogP contribution in [0.2, 0.25) is 0 Å². The minimum atomic E-state index is -3.32. The van der Waals surface area contributed by atoms with E-state index in [9.17, 15) is 8.42 Å². The van der Waals surface area contributed by atoms with Gasteiger partial charge < -0.3 is 0 Å². The summed E-state index contributed by atoms with van der Waals surface area (Å²) >= 11 is 1.64. The van der Waals surface area contributed by atoms with Crippen molar-refractivity contribution < 1.29 is 8.42 Å². The van der Waals surface area contributed by atoms with Crippen LogP contribution in [0.1, 0.15) is 21.0 Å². The van der Waals surface area contributed by atoms with Crippen LogP contribution in [0.4, 0.5) is 0 Å². The van der Waals surface area contributed by atoms with Crippen LogP contribution < -0.4 is 4.72 Å². The lowest BCUT2D eigenvalue weighted by molar-refractivity contribution is 0.580. The summed E-state index contributed by atoms with van der Waals surface area (Å²) in [4.78, 5) is 5.59. The van der Waals surface area contributed by atoms with Crippen LogP contribution in [-0.4, -0.2) is 19.9 Å². The SMILES string of the molecule is O=S(=O)(Cc1ccccc1)NCCc1ncc(Cc2ccccc2)s1. The molecule has 3 rings (SSSR count). The van der Waals surface area contributed by atoms with Crippen molar-refractivity contribution in [3.8, 4) is 0 Å². The summed E-state index contributed by atoms with van der Waals surface area (Å²) in [5.74, 6) is 0.00493. The predicted molar refractivity (Wildman–Crippen MR) is 102 cm³/mol. The van der Waals surface area contributed by atoms with E-state index in [1.807, 2.05) is 54.7 Å². The molecule has 0 amide bonds. The molecule has 0 bridgehead atoms. The summed E-state index contributed by atoms with van der Waals surface area (Å²) in [5, 5.41) is 0.952. The minimum Gasteiger partial charge on any atom is -0.249 e. The number of rotatable bonds is 8. The Balaban J connectivity index is 1.49. The molecule has 3 aromatic rings. The Bertz CT molecular complexity index is 891. The predicted octanol–water partition coefficient (Wildman–Crippen LogP) is 3.40. The van der Waals surface area contributed by atoms with Crippen molar-refractivity contribution in [1.82, 2.24) is 9.71 Å². The maximum Gasteiger partial charge on any atom is 0.215 e. The van der Waals surface area contributed by atoms with Crippen molar-refractivity contribution in [2.45, 2.75) is 18.6 Å². The van der Waals surface area contributed by atoms with Gasteiger partial charge >= 0.3 is 0 Å². The largest absolute Gasteiger partial charge is 0.249 e. The third-order valence-electron chi connectivity index (χ3n) is 3.68. The zero-order valence-corrected chi connectivity index (χ0v) is 15.4. The third-order valence-corrected chi connectivity index (χ3v) is 6.10. The second-order valence-electron chi connectivity index (χ2n) is 5.77. The van der Waals surface area contributed by atoms with Crippen molar-refractivity contribution in [2.75, 3.05) is 6.54 Å². The van der Waals surface area contributed by atoms with E-state index in [0.29, 0.717) is 13.0 Å². The van der Waals surface area contributed by atoms with Gasteiger partial charge in [-0.05, 0) is 11.1 Å². The van der Waals surface area contributed by atoms with E-state index in [4.69, 9.17) is 0 Å². The summed E-state index contributed by atoms with van der Waals surface area (Å²) in [6.07, 6.45) is 3.34. The molecule has 2 aromatic carbocycles. The maximum absolute atomic E-state index is 12.1. The molecule has 0 aliphatic rings. The van der Waals surface area contributed by atoms with Gasteiger partial charge in [-0.1, -0.05) is 60.7 Å². The molecule has 4 nitrogen and oxygen atoms in total. The number of hydrogen-bond donors (Lipinski definition) is 1. The Morgan fingerprint density at radius 2 is 1.56 bits per heavy atom. The molecule has 1 heterocycles. The van der Waals surface area contributed by atoms with E-state index in [1.165, 1.54) is 10.4 Å². The third kappa shape index (κ3) is 5.77. The first-order chi connectivity index (χ1) is 12.1. The Kier molecular flexibility index (Phi) is 5.96. The number of thiazole rings is 1. The molecule has 0 unspecified atom stereocenters. The Morgan fingerprint density at radius 1 is 0.920 bits per heavy atom. The lowest BCUT2D eigenvalue weighted by atomic mass is 10.1. The summed E-state index contributed by atoms with van der Waals surface area (Å²) in [7, 11) is -3.32. The molecule has 0 aliphatic carbocycles. The lowest BCUT2D eigenvalue weighted by Crippen LogP contribution is -2.27. The molecule has 6 heteroatoms. The Hall–Kier alpha value is -2.02. The van der Waals surface area contributed by atoms with Gasteiger partial charge in [0.1, 0.15) is 0 Å². The van der Waals surface area contributed by atoms with Gasteiger partial charge in [-0.2, -0.15) is 0 Å². The fourth-order valence-corrected chi connectivity index (χ4v) is 4.60. The van der Waals surface area contributed by atoms with Crippen molar-refractivity contribution in [1.29, 1.82) is 0 Å². The van der Waals surface area contributed by atoms with Crippen LogP contribution in [0.3, 0.4) is 0 Å². The Labute approximate surface area is 152 Å². The van der Waals surface area contributed by atoms with Crippen LogP contribution in [0.15, 0.2) is 66.9 Å². The van der Waals surface area contributed by atoms with Gasteiger partial charge in [0.05, 0.1) is 10.8 Å². The van der Waals surface area contributed by atoms with Crippen LogP contribution in [0, 0.1) is 0 Å². The van der Waals surface area contributed by atoms with Gasteiger partial charge in [0.25, 0.3) is 0 Å². The molecule has 0 fully saturated rings. The summed E-state index contributed by atoms with van der Waals surface area (Å²) in [5.41, 5.74) is 2.04. The average molecular weight is 373 g/mol. The lowest BCUT2D eigenvalue weighted by Gasteiger charge is -2.05. The molecule has 130 valence electrons. The average Bonchev–Trinajstić information content (AvgIpc) is 3.03. The normalized spacial score (nSPS) is 11.5. The molecular formula is C19H20N2O2S2. The molecule has 1 aromatic heterocycles. The highest BCUT2D eigenvalue weighted by Gasteiger charge is 2.11. The van der Waals surface area contributed by atoms with Crippen LogP contribution in [-0.2, 0) is 28.6 Å². The zero-order valence-electron chi connectivity index (χ0n) is 13.8. The second-order valence-corrected chi connectivity index (χ2v) is 8.78. The van der Waals surface area contributed by atoms with Crippen molar-refractivity contribution >= 4 is 21.4 Å². The first-order valence-electron chi connectivity index (χ1n) is 8.09. The van der Waals surface area contributed by atoms with Gasteiger partial charge in [-0.15, -0.1) is 11.3 Å². The quantitative estimate of drug-likeness (QED) is 0.659. The van der Waals surface area contributed by atoms with E-state index in [1.54, 1.807) is 11.3 Å². The minimum absolute atomic E-state index is 0.00493. The fraction of sp³-hybridized carbons (Fsp3) is 0.211. The molecule has 0 saturated heterocycles. The van der Waals surface area contributed by atoms with Gasteiger partial charge in [0, 0.05) is 30.5 Å². The highest BCUT2D eigenvalue weighted by molar-refractivity contribution is 7.88. The molecular weight excluding hydrogens is 352 g/mol. The van der Waals surface area contributed by atoms with Crippen LogP contribution in [0.25, 0.3) is 0 Å². The summed E-state index contributed by atoms with van der Waals surface area (Å²) < 4.78 is 26.9. The molecule has 0 saturated carbocycles. The molecule has 0 radical (unpaired) electrons. The van der Waals surface area contributed by atoms with Crippen molar-refractivity contribution in [3.63, 3.8) is 0 Å². The highest BCUT2D eigenvalue weighted by Crippen LogP contribution is 2.17. The standard InChI is InChI=1S/C19H20N2O2S2/c22-25(23,15-17-9-5-2-6-10-17)21-12-11-19-20-14-18(24-19)13-16-7-3-1-4-8-16/h1-10,14,21H,11-13,15H2. The van der Waals surface area contributed by atoms with Gasteiger partial charge in [-0.3, -0.25) is 0 Å². The van der Waals surface area contributed by atoms with Gasteiger partial charge in [0.2, 0.25) is 10.0 Å². The number of benzene rings is 2. The number of aromatic nitrogens is 1. The number of hydrogen-bond acceptors (Lipinski definition) is 4. The van der Waals surface area contributed by atoms with E-state index in [0.717, 1.165) is 17.0 Å². The maximum atomic E-state index is 12.1. The molecule has 25 heavy (non-hydrogen) atoms. The molecule has 0 aliphatic heterocycles. The van der Waals surface area contributed by atoms with E-state index in [2.05, 4.69) is 21.8 Å². The van der Waals surface area contributed by atoms with Gasteiger partial charge in [0.15, 0.2) is 0 Å². The smallest absolute Gasteiger partial charge is 0.215 e.